The Labute approximate surface area is 96.6 Å². The molecule has 0 aromatic carbocycles. The van der Waals surface area contributed by atoms with E-state index in [0.717, 1.165) is 5.92 Å². The molecule has 4 nitrogen and oxygen atoms in total. The fourth-order valence-electron chi connectivity index (χ4n) is 2.82. The summed E-state index contributed by atoms with van der Waals surface area (Å²) in [6.07, 6.45) is 10.6. The van der Waals surface area contributed by atoms with Crippen LogP contribution in [0, 0.1) is 5.92 Å². The first kappa shape index (κ1) is 10.3. The average Bonchev–Trinajstić information content (AvgIpc) is 2.78. The van der Waals surface area contributed by atoms with Gasteiger partial charge in [-0.25, -0.2) is 4.68 Å². The van der Waals surface area contributed by atoms with Crippen molar-refractivity contribution >= 4 is 0 Å². The molecular formula is C12H20N4. The van der Waals surface area contributed by atoms with Crippen molar-refractivity contribution in [1.29, 1.82) is 0 Å². The van der Waals surface area contributed by atoms with Crippen LogP contribution in [0.2, 0.25) is 0 Å². The van der Waals surface area contributed by atoms with Gasteiger partial charge in [0.2, 0.25) is 0 Å². The molecule has 1 aliphatic heterocycles. The second-order valence-electron chi connectivity index (χ2n) is 5.21. The van der Waals surface area contributed by atoms with Crippen LogP contribution in [0.15, 0.2) is 12.4 Å². The zero-order valence-corrected chi connectivity index (χ0v) is 9.76. The average molecular weight is 220 g/mol. The summed E-state index contributed by atoms with van der Waals surface area (Å²) in [6.45, 7) is 3.81. The number of nitrogens with zero attached hydrogens (tertiary/aromatic N) is 4. The van der Waals surface area contributed by atoms with Crippen molar-refractivity contribution in [2.75, 3.05) is 19.6 Å². The Kier molecular flexibility index (Phi) is 2.91. The lowest BCUT2D eigenvalue weighted by Gasteiger charge is -2.36. The lowest BCUT2D eigenvalue weighted by Crippen LogP contribution is -2.39. The number of rotatable bonds is 3. The van der Waals surface area contributed by atoms with E-state index in [0.29, 0.717) is 6.04 Å². The summed E-state index contributed by atoms with van der Waals surface area (Å²) in [7, 11) is 0. The molecule has 1 aromatic heterocycles. The van der Waals surface area contributed by atoms with Gasteiger partial charge >= 0.3 is 0 Å². The third kappa shape index (κ3) is 2.12. The van der Waals surface area contributed by atoms with Crippen LogP contribution in [0.3, 0.4) is 0 Å². The van der Waals surface area contributed by atoms with E-state index in [1.54, 1.807) is 6.20 Å². The van der Waals surface area contributed by atoms with Crippen LogP contribution in [-0.2, 0) is 0 Å². The van der Waals surface area contributed by atoms with Gasteiger partial charge in [0.05, 0.1) is 12.2 Å². The summed E-state index contributed by atoms with van der Waals surface area (Å²) in [6, 6.07) is 0.583. The van der Waals surface area contributed by atoms with E-state index in [1.165, 1.54) is 51.7 Å². The summed E-state index contributed by atoms with van der Waals surface area (Å²) in [5.41, 5.74) is 0. The molecule has 0 spiro atoms. The Hall–Kier alpha value is -0.900. The summed E-state index contributed by atoms with van der Waals surface area (Å²) in [5.74, 6) is 1.00. The lowest BCUT2D eigenvalue weighted by atomic mass is 9.84. The molecule has 0 radical (unpaired) electrons. The third-order valence-corrected chi connectivity index (χ3v) is 4.11. The van der Waals surface area contributed by atoms with Crippen molar-refractivity contribution < 1.29 is 0 Å². The van der Waals surface area contributed by atoms with E-state index in [2.05, 4.69) is 15.2 Å². The number of likely N-dealkylation sites (tertiary alicyclic amines) is 1. The van der Waals surface area contributed by atoms with Crippen molar-refractivity contribution in [1.82, 2.24) is 19.9 Å². The van der Waals surface area contributed by atoms with E-state index in [-0.39, 0.29) is 0 Å². The summed E-state index contributed by atoms with van der Waals surface area (Å²) in [4.78, 5) is 2.64. The first-order chi connectivity index (χ1) is 7.92. The third-order valence-electron chi connectivity index (χ3n) is 4.11. The minimum Gasteiger partial charge on any atom is -0.303 e. The van der Waals surface area contributed by atoms with Crippen molar-refractivity contribution in [3.8, 4) is 0 Å². The van der Waals surface area contributed by atoms with Gasteiger partial charge in [0.25, 0.3) is 0 Å². The van der Waals surface area contributed by atoms with Crippen LogP contribution < -0.4 is 0 Å². The molecule has 2 fully saturated rings. The highest BCUT2D eigenvalue weighted by atomic mass is 15.4. The molecule has 2 heterocycles. The highest BCUT2D eigenvalue weighted by Gasteiger charge is 2.25. The zero-order chi connectivity index (χ0) is 10.8. The molecule has 3 rings (SSSR count). The Bertz CT molecular complexity index is 310. The van der Waals surface area contributed by atoms with Crippen molar-refractivity contribution in [3.63, 3.8) is 0 Å². The van der Waals surface area contributed by atoms with Crippen LogP contribution in [0.25, 0.3) is 0 Å². The number of hydrogen-bond acceptors (Lipinski definition) is 3. The van der Waals surface area contributed by atoms with Crippen LogP contribution in [0.4, 0.5) is 0 Å². The smallest absolute Gasteiger partial charge is 0.0693 e. The molecule has 1 saturated heterocycles. The topological polar surface area (TPSA) is 34.0 Å². The summed E-state index contributed by atoms with van der Waals surface area (Å²) < 4.78 is 2.03. The first-order valence-electron chi connectivity index (χ1n) is 6.50. The van der Waals surface area contributed by atoms with Crippen molar-refractivity contribution in [2.24, 2.45) is 5.92 Å². The van der Waals surface area contributed by atoms with Gasteiger partial charge in [-0.3, -0.25) is 0 Å². The van der Waals surface area contributed by atoms with Crippen molar-refractivity contribution in [2.45, 2.75) is 38.1 Å². The second kappa shape index (κ2) is 4.53. The Morgan fingerprint density at radius 1 is 1.12 bits per heavy atom. The summed E-state index contributed by atoms with van der Waals surface area (Å²) >= 11 is 0. The van der Waals surface area contributed by atoms with Crippen LogP contribution in [0.1, 0.15) is 38.1 Å². The van der Waals surface area contributed by atoms with Crippen LogP contribution >= 0.6 is 0 Å². The number of piperidine rings is 1. The maximum absolute atomic E-state index is 4.10. The quantitative estimate of drug-likeness (QED) is 0.777. The van der Waals surface area contributed by atoms with Crippen molar-refractivity contribution in [3.05, 3.63) is 12.4 Å². The molecule has 0 bridgehead atoms. The molecule has 1 aliphatic carbocycles. The standard InChI is InChI=1S/C12H20N4/c1-2-11(3-1)10-15-7-4-12(5-8-15)16-9-6-13-14-16/h6,9,11-12H,1-5,7-8,10H2. The minimum absolute atomic E-state index is 0.583. The van der Waals surface area contributed by atoms with Crippen LogP contribution in [0.5, 0.6) is 0 Å². The monoisotopic (exact) mass is 220 g/mol. The fourth-order valence-corrected chi connectivity index (χ4v) is 2.82. The predicted octanol–water partition coefficient (Wildman–Crippen LogP) is 1.72. The summed E-state index contributed by atoms with van der Waals surface area (Å²) in [5, 5.41) is 7.99. The van der Waals surface area contributed by atoms with Gasteiger partial charge in [-0.05, 0) is 31.6 Å². The Balaban J connectivity index is 1.48. The Morgan fingerprint density at radius 2 is 1.94 bits per heavy atom. The molecule has 0 amide bonds. The molecule has 4 heteroatoms. The van der Waals surface area contributed by atoms with Gasteiger partial charge in [0.15, 0.2) is 0 Å². The zero-order valence-electron chi connectivity index (χ0n) is 9.76. The maximum Gasteiger partial charge on any atom is 0.0693 e. The molecule has 1 saturated carbocycles. The van der Waals surface area contributed by atoms with E-state index in [1.807, 2.05) is 10.9 Å². The fraction of sp³-hybridized carbons (Fsp3) is 0.833. The van der Waals surface area contributed by atoms with Crippen LogP contribution in [-0.4, -0.2) is 39.5 Å². The molecule has 0 atom stereocenters. The minimum atomic E-state index is 0.583. The maximum atomic E-state index is 4.10. The van der Waals surface area contributed by atoms with Gasteiger partial charge in [-0.1, -0.05) is 11.6 Å². The largest absolute Gasteiger partial charge is 0.303 e. The lowest BCUT2D eigenvalue weighted by molar-refractivity contribution is 0.129. The highest BCUT2D eigenvalue weighted by molar-refractivity contribution is 4.81. The molecule has 2 aliphatic rings. The molecule has 1 aromatic rings. The van der Waals surface area contributed by atoms with Gasteiger partial charge < -0.3 is 4.90 Å². The molecular weight excluding hydrogens is 200 g/mol. The van der Waals surface area contributed by atoms with Gasteiger partial charge in [-0.2, -0.15) is 0 Å². The Morgan fingerprint density at radius 3 is 2.50 bits per heavy atom. The molecule has 16 heavy (non-hydrogen) atoms. The first-order valence-corrected chi connectivity index (χ1v) is 6.50. The van der Waals surface area contributed by atoms with Gasteiger partial charge in [0, 0.05) is 25.8 Å². The number of hydrogen-bond donors (Lipinski definition) is 0. The second-order valence-corrected chi connectivity index (χ2v) is 5.21. The van der Waals surface area contributed by atoms with E-state index >= 15 is 0 Å². The normalized spacial score (nSPS) is 24.5. The number of aromatic nitrogens is 3. The highest BCUT2D eigenvalue weighted by Crippen LogP contribution is 2.29. The SMILES string of the molecule is c1cn(C2CCN(CC3CCC3)CC2)nn1. The van der Waals surface area contributed by atoms with Gasteiger partial charge in [0.1, 0.15) is 0 Å². The van der Waals surface area contributed by atoms with E-state index in [4.69, 9.17) is 0 Å². The predicted molar refractivity (Wildman–Crippen MR) is 62.1 cm³/mol. The molecule has 0 unspecified atom stereocenters. The molecule has 88 valence electrons. The van der Waals surface area contributed by atoms with E-state index in [9.17, 15) is 0 Å². The van der Waals surface area contributed by atoms with E-state index < -0.39 is 0 Å². The van der Waals surface area contributed by atoms with Gasteiger partial charge in [-0.15, -0.1) is 5.10 Å². The molecule has 0 N–H and O–H groups in total.